The topological polar surface area (TPSA) is 103 Å². The van der Waals surface area contributed by atoms with Gasteiger partial charge in [0.1, 0.15) is 16.9 Å². The van der Waals surface area contributed by atoms with Crippen LogP contribution in [0, 0.1) is 23.3 Å². The summed E-state index contributed by atoms with van der Waals surface area (Å²) in [6.07, 6.45) is -2.56. The van der Waals surface area contributed by atoms with Gasteiger partial charge in [-0.3, -0.25) is 14.4 Å². The van der Waals surface area contributed by atoms with Crippen LogP contribution in [0.25, 0.3) is 17.0 Å². The third-order valence-electron chi connectivity index (χ3n) is 7.28. The van der Waals surface area contributed by atoms with Crippen molar-refractivity contribution in [2.45, 2.75) is 29.7 Å². The molecular weight excluding hydrogens is 689 g/mol. The van der Waals surface area contributed by atoms with E-state index in [1.54, 1.807) is 41.8 Å². The van der Waals surface area contributed by atoms with Gasteiger partial charge in [0.15, 0.2) is 23.3 Å². The van der Waals surface area contributed by atoms with E-state index in [9.17, 15) is 45.1 Å². The Morgan fingerprint density at radius 2 is 1.50 bits per heavy atom. The molecule has 0 radical (unpaired) electrons. The molecule has 4 aromatic carbocycles. The van der Waals surface area contributed by atoms with Gasteiger partial charge in [-0.05, 0) is 48.9 Å². The summed E-state index contributed by atoms with van der Waals surface area (Å²) >= 11 is 0.842. The van der Waals surface area contributed by atoms with Crippen molar-refractivity contribution in [3.8, 4) is 0 Å². The molecule has 7 nitrogen and oxygen atoms in total. The molecule has 0 saturated heterocycles. The lowest BCUT2D eigenvalue weighted by Crippen LogP contribution is -2.30. The van der Waals surface area contributed by atoms with Crippen LogP contribution >= 0.6 is 11.8 Å². The highest BCUT2D eigenvalue weighted by atomic mass is 32.2. The molecule has 258 valence electrons. The van der Waals surface area contributed by atoms with E-state index in [1.807, 2.05) is 24.3 Å². The van der Waals surface area contributed by atoms with Crippen molar-refractivity contribution >= 4 is 57.8 Å². The Hall–Kier alpha value is -5.57. The van der Waals surface area contributed by atoms with Crippen molar-refractivity contribution < 1.29 is 45.1 Å². The number of nitrogens with one attached hydrogen (secondary N) is 4. The molecule has 15 heteroatoms. The van der Waals surface area contributed by atoms with Gasteiger partial charge in [0.05, 0.1) is 5.25 Å². The summed E-state index contributed by atoms with van der Waals surface area (Å²) in [6.45, 7) is 1.51. The standard InChI is InChI=1S/C35H25F7N4O3S/c1-2-25(34(49)46-31-29(38)27(36)26(35(40,41)42)28(37)30(31)39)50-21-12-8-11-20(16-21)44-33(48)24(45-32(47)18-9-4-3-5-10-18)15-19-17-43-23-14-7-6-13-22(19)23/h3-17,25,43H,2H2,1H3,(H,44,48)(H,45,47)(H,46,49)/b24-15-. The Labute approximate surface area is 284 Å². The molecule has 5 rings (SSSR count). The van der Waals surface area contributed by atoms with E-state index >= 15 is 0 Å². The van der Waals surface area contributed by atoms with Gasteiger partial charge in [0, 0.05) is 38.8 Å². The number of anilines is 2. The SMILES string of the molecule is CCC(Sc1cccc(NC(=O)/C(=C/c2c[nH]c3ccccc23)NC(=O)c2ccccc2)c1)C(=O)Nc1c(F)c(F)c(C(F)(F)F)c(F)c1F. The lowest BCUT2D eigenvalue weighted by atomic mass is 10.1. The average Bonchev–Trinajstić information content (AvgIpc) is 3.50. The van der Waals surface area contributed by atoms with Crippen molar-refractivity contribution in [2.24, 2.45) is 0 Å². The molecule has 1 heterocycles. The number of para-hydroxylation sites is 1. The fraction of sp³-hybridized carbons (Fsp3) is 0.114. The van der Waals surface area contributed by atoms with Crippen LogP contribution in [0.3, 0.4) is 0 Å². The number of H-pyrrole nitrogens is 1. The molecule has 0 aliphatic rings. The fourth-order valence-electron chi connectivity index (χ4n) is 4.84. The van der Waals surface area contributed by atoms with Crippen LogP contribution in [-0.2, 0) is 15.8 Å². The smallest absolute Gasteiger partial charge is 0.361 e. The highest BCUT2D eigenvalue weighted by Crippen LogP contribution is 2.39. The summed E-state index contributed by atoms with van der Waals surface area (Å²) in [7, 11) is 0. The number of amides is 3. The van der Waals surface area contributed by atoms with E-state index < -0.39 is 63.7 Å². The molecule has 4 N–H and O–H groups in total. The molecule has 0 aliphatic carbocycles. The minimum Gasteiger partial charge on any atom is -0.361 e. The minimum absolute atomic E-state index is 0.00491. The van der Waals surface area contributed by atoms with Crippen molar-refractivity contribution in [2.75, 3.05) is 10.6 Å². The Kier molecular flexibility index (Phi) is 10.7. The zero-order chi connectivity index (χ0) is 36.2. The van der Waals surface area contributed by atoms with Gasteiger partial charge in [-0.25, -0.2) is 17.6 Å². The van der Waals surface area contributed by atoms with E-state index in [4.69, 9.17) is 0 Å². The largest absolute Gasteiger partial charge is 0.422 e. The summed E-state index contributed by atoms with van der Waals surface area (Å²) in [5, 5.41) is 6.62. The van der Waals surface area contributed by atoms with E-state index in [1.165, 1.54) is 37.3 Å². The summed E-state index contributed by atoms with van der Waals surface area (Å²) in [6, 6.07) is 21.6. The number of carbonyl (C=O) groups is 3. The molecule has 0 fully saturated rings. The molecule has 50 heavy (non-hydrogen) atoms. The molecule has 3 amide bonds. The molecular formula is C35H25F7N4O3S. The Bertz CT molecular complexity index is 2090. The van der Waals surface area contributed by atoms with Crippen LogP contribution in [0.2, 0.25) is 0 Å². The number of halogens is 7. The van der Waals surface area contributed by atoms with Crippen LogP contribution in [0.15, 0.2) is 95.7 Å². The highest BCUT2D eigenvalue weighted by molar-refractivity contribution is 8.00. The lowest BCUT2D eigenvalue weighted by Gasteiger charge is -2.18. The average molecular weight is 715 g/mol. The number of aromatic amines is 1. The highest BCUT2D eigenvalue weighted by Gasteiger charge is 2.42. The summed E-state index contributed by atoms with van der Waals surface area (Å²) in [4.78, 5) is 43.0. The van der Waals surface area contributed by atoms with Gasteiger partial charge in [0.25, 0.3) is 11.8 Å². The van der Waals surface area contributed by atoms with Crippen LogP contribution in [0.5, 0.6) is 0 Å². The van der Waals surface area contributed by atoms with Crippen molar-refractivity contribution in [3.05, 3.63) is 131 Å². The predicted molar refractivity (Wildman–Crippen MR) is 175 cm³/mol. The second-order valence-electron chi connectivity index (χ2n) is 10.7. The first-order valence-corrected chi connectivity index (χ1v) is 15.6. The lowest BCUT2D eigenvalue weighted by molar-refractivity contribution is -0.143. The molecule has 0 bridgehead atoms. The molecule has 0 saturated carbocycles. The van der Waals surface area contributed by atoms with Gasteiger partial charge >= 0.3 is 6.18 Å². The molecule has 5 aromatic rings. The van der Waals surface area contributed by atoms with Crippen molar-refractivity contribution in [1.29, 1.82) is 0 Å². The third kappa shape index (κ3) is 7.83. The number of hydrogen-bond acceptors (Lipinski definition) is 4. The number of rotatable bonds is 10. The summed E-state index contributed by atoms with van der Waals surface area (Å²) in [5.41, 5.74) is -2.64. The minimum atomic E-state index is -5.74. The maximum atomic E-state index is 14.4. The maximum absolute atomic E-state index is 14.4. The van der Waals surface area contributed by atoms with Gasteiger partial charge in [-0.2, -0.15) is 13.2 Å². The maximum Gasteiger partial charge on any atom is 0.422 e. The van der Waals surface area contributed by atoms with Crippen molar-refractivity contribution in [3.63, 3.8) is 0 Å². The zero-order valence-corrected chi connectivity index (χ0v) is 26.5. The molecule has 0 spiro atoms. The number of hydrogen-bond donors (Lipinski definition) is 4. The number of alkyl halides is 3. The zero-order valence-electron chi connectivity index (χ0n) is 25.7. The monoisotopic (exact) mass is 714 g/mol. The van der Waals surface area contributed by atoms with Crippen LogP contribution in [-0.4, -0.2) is 28.0 Å². The van der Waals surface area contributed by atoms with Crippen molar-refractivity contribution in [1.82, 2.24) is 10.3 Å². The Morgan fingerprint density at radius 1 is 0.840 bits per heavy atom. The molecule has 1 aromatic heterocycles. The van der Waals surface area contributed by atoms with Gasteiger partial charge in [-0.15, -0.1) is 11.8 Å². The summed E-state index contributed by atoms with van der Waals surface area (Å²) in [5.74, 6) is -12.6. The van der Waals surface area contributed by atoms with E-state index in [0.717, 1.165) is 22.7 Å². The first-order valence-electron chi connectivity index (χ1n) is 14.7. The predicted octanol–water partition coefficient (Wildman–Crippen LogP) is 8.66. The Balaban J connectivity index is 1.36. The van der Waals surface area contributed by atoms with Gasteiger partial charge in [-0.1, -0.05) is 49.4 Å². The number of thioether (sulfide) groups is 1. The number of fused-ring (bicyclic) bond motifs is 1. The third-order valence-corrected chi connectivity index (χ3v) is 8.64. The number of aromatic nitrogens is 1. The van der Waals surface area contributed by atoms with E-state index in [2.05, 4.69) is 15.6 Å². The van der Waals surface area contributed by atoms with Crippen LogP contribution in [0.4, 0.5) is 42.1 Å². The van der Waals surface area contributed by atoms with Crippen LogP contribution < -0.4 is 16.0 Å². The quantitative estimate of drug-likeness (QED) is 0.0503. The second kappa shape index (κ2) is 14.9. The van der Waals surface area contributed by atoms with E-state index in [0.29, 0.717) is 16.0 Å². The fourth-order valence-corrected chi connectivity index (χ4v) is 5.85. The molecule has 1 atom stereocenters. The van der Waals surface area contributed by atoms with Crippen LogP contribution in [0.1, 0.15) is 34.8 Å². The summed E-state index contributed by atoms with van der Waals surface area (Å²) < 4.78 is 95.9. The number of benzene rings is 4. The first-order chi connectivity index (χ1) is 23.8. The molecule has 0 aliphatic heterocycles. The van der Waals surface area contributed by atoms with E-state index in [-0.39, 0.29) is 17.8 Å². The van der Waals surface area contributed by atoms with Gasteiger partial charge < -0.3 is 20.9 Å². The molecule has 1 unspecified atom stereocenters. The first kappa shape index (κ1) is 35.7. The number of carbonyl (C=O) groups excluding carboxylic acids is 3. The van der Waals surface area contributed by atoms with Gasteiger partial charge in [0.2, 0.25) is 5.91 Å². The Morgan fingerprint density at radius 3 is 2.16 bits per heavy atom. The normalized spacial score (nSPS) is 12.4. The second-order valence-corrected chi connectivity index (χ2v) is 11.9.